The number of benzene rings is 1. The topological polar surface area (TPSA) is 47.6 Å². The van der Waals surface area contributed by atoms with E-state index in [2.05, 4.69) is 6.58 Å². The van der Waals surface area contributed by atoms with Crippen LogP contribution in [0.15, 0.2) is 24.8 Å². The van der Waals surface area contributed by atoms with Crippen LogP contribution in [0.5, 0.6) is 0 Å². The zero-order valence-electron chi connectivity index (χ0n) is 6.71. The van der Waals surface area contributed by atoms with Gasteiger partial charge in [0.05, 0.1) is 23.3 Å². The molecule has 13 heavy (non-hydrogen) atoms. The maximum absolute atomic E-state index is 13.1. The Labute approximate surface area is 75.2 Å². The standard InChI is InChI=1S/C10H5FN2/c1-7(5-12)9-3-2-8(6-13)4-10(9)11/h2-4H,1H2. The quantitative estimate of drug-likeness (QED) is 0.610. The molecule has 0 N–H and O–H groups in total. The van der Waals surface area contributed by atoms with Gasteiger partial charge in [-0.15, -0.1) is 0 Å². The van der Waals surface area contributed by atoms with Gasteiger partial charge in [0.15, 0.2) is 0 Å². The van der Waals surface area contributed by atoms with E-state index in [1.54, 1.807) is 12.1 Å². The van der Waals surface area contributed by atoms with Crippen molar-refractivity contribution in [3.63, 3.8) is 0 Å². The first kappa shape index (κ1) is 8.96. The lowest BCUT2D eigenvalue weighted by atomic mass is 10.1. The summed E-state index contributed by atoms with van der Waals surface area (Å²) in [5.74, 6) is -0.592. The molecule has 0 unspecified atom stereocenters. The summed E-state index contributed by atoms with van der Waals surface area (Å²) >= 11 is 0. The normalized spacial score (nSPS) is 8.54. The molecule has 0 aliphatic carbocycles. The highest BCUT2D eigenvalue weighted by Crippen LogP contribution is 2.16. The van der Waals surface area contributed by atoms with E-state index in [0.717, 1.165) is 6.07 Å². The van der Waals surface area contributed by atoms with Crippen LogP contribution in [0.4, 0.5) is 4.39 Å². The molecule has 1 aromatic carbocycles. The largest absolute Gasteiger partial charge is 0.206 e. The summed E-state index contributed by atoms with van der Waals surface area (Å²) in [6.07, 6.45) is 0. The Balaban J connectivity index is 3.24. The van der Waals surface area contributed by atoms with Gasteiger partial charge in [0, 0.05) is 5.56 Å². The van der Waals surface area contributed by atoms with Crippen molar-refractivity contribution in [2.24, 2.45) is 0 Å². The zero-order chi connectivity index (χ0) is 9.84. The van der Waals surface area contributed by atoms with Crippen molar-refractivity contribution in [3.8, 4) is 12.1 Å². The van der Waals surface area contributed by atoms with E-state index < -0.39 is 5.82 Å². The lowest BCUT2D eigenvalue weighted by Gasteiger charge is -1.98. The molecule has 0 saturated carbocycles. The highest BCUT2D eigenvalue weighted by Gasteiger charge is 2.05. The van der Waals surface area contributed by atoms with Gasteiger partial charge in [-0.05, 0) is 18.2 Å². The molecule has 62 valence electrons. The third kappa shape index (κ3) is 1.72. The van der Waals surface area contributed by atoms with Crippen LogP contribution in [0.2, 0.25) is 0 Å². The first-order valence-corrected chi connectivity index (χ1v) is 3.48. The molecule has 0 amide bonds. The Morgan fingerprint density at radius 3 is 2.54 bits per heavy atom. The Morgan fingerprint density at radius 2 is 2.08 bits per heavy atom. The van der Waals surface area contributed by atoms with Crippen LogP contribution in [0.25, 0.3) is 5.57 Å². The maximum atomic E-state index is 13.1. The Bertz CT molecular complexity index is 435. The second kappa shape index (κ2) is 3.51. The predicted octanol–water partition coefficient (Wildman–Crippen LogP) is 2.23. The second-order valence-corrected chi connectivity index (χ2v) is 2.40. The number of allylic oxidation sites excluding steroid dienone is 1. The van der Waals surface area contributed by atoms with Gasteiger partial charge in [0.2, 0.25) is 0 Å². The van der Waals surface area contributed by atoms with Crippen molar-refractivity contribution in [1.29, 1.82) is 10.5 Å². The molecule has 0 radical (unpaired) electrons. The molecule has 3 heteroatoms. The van der Waals surface area contributed by atoms with Crippen molar-refractivity contribution in [2.45, 2.75) is 0 Å². The number of nitrogens with zero attached hydrogens (tertiary/aromatic N) is 2. The lowest BCUT2D eigenvalue weighted by Crippen LogP contribution is -1.88. The molecule has 0 aliphatic heterocycles. The molecule has 2 nitrogen and oxygen atoms in total. The fourth-order valence-electron chi connectivity index (χ4n) is 0.890. The van der Waals surface area contributed by atoms with Gasteiger partial charge in [0.1, 0.15) is 5.82 Å². The van der Waals surface area contributed by atoms with Crippen LogP contribution in [-0.4, -0.2) is 0 Å². The molecular formula is C10H5FN2. The van der Waals surface area contributed by atoms with E-state index in [4.69, 9.17) is 10.5 Å². The zero-order valence-corrected chi connectivity index (χ0v) is 6.71. The van der Waals surface area contributed by atoms with E-state index in [0.29, 0.717) is 0 Å². The molecule has 1 aromatic rings. The van der Waals surface area contributed by atoms with Gasteiger partial charge in [-0.1, -0.05) is 6.58 Å². The molecule has 1 rings (SSSR count). The highest BCUT2D eigenvalue weighted by molar-refractivity contribution is 5.75. The maximum Gasteiger partial charge on any atom is 0.133 e. The van der Waals surface area contributed by atoms with Gasteiger partial charge >= 0.3 is 0 Å². The fourth-order valence-corrected chi connectivity index (χ4v) is 0.890. The average Bonchev–Trinajstić information content (AvgIpc) is 2.16. The summed E-state index contributed by atoms with van der Waals surface area (Å²) in [5, 5.41) is 16.9. The molecule has 0 bridgehead atoms. The van der Waals surface area contributed by atoms with Gasteiger partial charge in [-0.2, -0.15) is 10.5 Å². The SMILES string of the molecule is C=C(C#N)c1ccc(C#N)cc1F. The van der Waals surface area contributed by atoms with Crippen molar-refractivity contribution >= 4 is 5.57 Å². The van der Waals surface area contributed by atoms with E-state index in [9.17, 15) is 4.39 Å². The molecule has 0 fully saturated rings. The lowest BCUT2D eigenvalue weighted by molar-refractivity contribution is 0.624. The van der Waals surface area contributed by atoms with Crippen molar-refractivity contribution in [3.05, 3.63) is 41.7 Å². The van der Waals surface area contributed by atoms with Crippen LogP contribution in [-0.2, 0) is 0 Å². The minimum atomic E-state index is -0.592. The van der Waals surface area contributed by atoms with Gasteiger partial charge in [0.25, 0.3) is 0 Å². The first-order valence-electron chi connectivity index (χ1n) is 3.48. The Morgan fingerprint density at radius 1 is 1.38 bits per heavy atom. The van der Waals surface area contributed by atoms with Gasteiger partial charge in [-0.25, -0.2) is 4.39 Å². The summed E-state index contributed by atoms with van der Waals surface area (Å²) in [6, 6.07) is 7.44. The van der Waals surface area contributed by atoms with E-state index in [1.807, 2.05) is 0 Å². The first-order chi connectivity index (χ1) is 6.19. The van der Waals surface area contributed by atoms with E-state index in [-0.39, 0.29) is 16.7 Å². The Kier molecular flexibility index (Phi) is 2.42. The second-order valence-electron chi connectivity index (χ2n) is 2.40. The molecule has 0 atom stereocenters. The molecule has 0 aliphatic rings. The number of hydrogen-bond acceptors (Lipinski definition) is 2. The third-order valence-corrected chi connectivity index (χ3v) is 1.56. The van der Waals surface area contributed by atoms with Crippen LogP contribution in [0.1, 0.15) is 11.1 Å². The molecule has 0 aromatic heterocycles. The monoisotopic (exact) mass is 172 g/mol. The summed E-state index contributed by atoms with van der Waals surface area (Å²) in [6.45, 7) is 3.38. The number of nitriles is 2. The van der Waals surface area contributed by atoms with Crippen LogP contribution in [0.3, 0.4) is 0 Å². The van der Waals surface area contributed by atoms with Crippen LogP contribution >= 0.6 is 0 Å². The average molecular weight is 172 g/mol. The summed E-state index contributed by atoms with van der Waals surface area (Å²) in [7, 11) is 0. The molecular weight excluding hydrogens is 167 g/mol. The van der Waals surface area contributed by atoms with E-state index in [1.165, 1.54) is 12.1 Å². The number of hydrogen-bond donors (Lipinski definition) is 0. The Hall–Kier alpha value is -2.13. The molecule has 0 saturated heterocycles. The number of halogens is 1. The highest BCUT2D eigenvalue weighted by atomic mass is 19.1. The van der Waals surface area contributed by atoms with Gasteiger partial charge < -0.3 is 0 Å². The van der Waals surface area contributed by atoms with Crippen LogP contribution in [0, 0.1) is 28.5 Å². The summed E-state index contributed by atoms with van der Waals surface area (Å²) in [5.41, 5.74) is 0.426. The summed E-state index contributed by atoms with van der Waals surface area (Å²) in [4.78, 5) is 0. The van der Waals surface area contributed by atoms with Crippen molar-refractivity contribution in [1.82, 2.24) is 0 Å². The number of rotatable bonds is 1. The molecule has 0 heterocycles. The fraction of sp³-hybridized carbons (Fsp3) is 0. The summed E-state index contributed by atoms with van der Waals surface area (Å²) < 4.78 is 13.1. The predicted molar refractivity (Wildman–Crippen MR) is 45.8 cm³/mol. The molecule has 0 spiro atoms. The smallest absolute Gasteiger partial charge is 0.133 e. The van der Waals surface area contributed by atoms with Gasteiger partial charge in [-0.3, -0.25) is 0 Å². The van der Waals surface area contributed by atoms with E-state index >= 15 is 0 Å². The minimum absolute atomic E-state index is 0.0574. The third-order valence-electron chi connectivity index (χ3n) is 1.56. The van der Waals surface area contributed by atoms with Crippen molar-refractivity contribution in [2.75, 3.05) is 0 Å². The van der Waals surface area contributed by atoms with Crippen molar-refractivity contribution < 1.29 is 4.39 Å². The van der Waals surface area contributed by atoms with Crippen LogP contribution < -0.4 is 0 Å². The minimum Gasteiger partial charge on any atom is -0.206 e.